The number of aliphatic carboxylic acids is 1. The second kappa shape index (κ2) is 13.7. The summed E-state index contributed by atoms with van der Waals surface area (Å²) in [6, 6.07) is 8.73. The van der Waals surface area contributed by atoms with E-state index in [9.17, 15) is 20.1 Å². The first-order chi connectivity index (χ1) is 20.5. The quantitative estimate of drug-likeness (QED) is 0.230. The molecule has 1 aliphatic heterocycles. The van der Waals surface area contributed by atoms with Gasteiger partial charge in [-0.25, -0.2) is 0 Å². The summed E-state index contributed by atoms with van der Waals surface area (Å²) in [5.74, 6) is 0.424. The number of aromatic hydroxyl groups is 1. The number of hydrogen-bond donors (Lipinski definition) is 3. The number of phenolic OH excluding ortho intramolecular Hbond substituents is 1. The van der Waals surface area contributed by atoms with Crippen molar-refractivity contribution in [2.45, 2.75) is 131 Å². The van der Waals surface area contributed by atoms with Crippen LogP contribution >= 0.6 is 23.5 Å². The van der Waals surface area contributed by atoms with E-state index in [2.05, 4.69) is 107 Å². The predicted octanol–water partition coefficient (Wildman–Crippen LogP) is 8.71. The van der Waals surface area contributed by atoms with Crippen LogP contribution in [0.25, 0.3) is 0 Å². The number of carboxylic acid groups (broad SMARTS) is 1. The molecule has 3 rings (SSSR count). The molecular weight excluding hydrogens is 603 g/mol. The average molecular weight is 660 g/mol. The molecule has 6 nitrogen and oxygen atoms in total. The van der Waals surface area contributed by atoms with E-state index < -0.39 is 5.97 Å². The summed E-state index contributed by atoms with van der Waals surface area (Å²) in [6.45, 7) is 27.6. The Morgan fingerprint density at radius 2 is 1.33 bits per heavy atom. The fourth-order valence-corrected chi connectivity index (χ4v) is 9.26. The molecule has 0 radical (unpaired) electrons. The fourth-order valence-electron chi connectivity index (χ4n) is 5.94. The molecule has 1 heterocycles. The lowest BCUT2D eigenvalue weighted by Gasteiger charge is -2.42. The van der Waals surface area contributed by atoms with Crippen molar-refractivity contribution in [2.75, 3.05) is 32.8 Å². The third-order valence-corrected chi connectivity index (χ3v) is 11.4. The Hall–Kier alpha value is -1.87. The number of phenols is 1. The predicted molar refractivity (Wildman–Crippen MR) is 190 cm³/mol. The number of carboxylic acids is 1. The van der Waals surface area contributed by atoms with Gasteiger partial charge in [-0.1, -0.05) is 89.2 Å². The molecule has 1 fully saturated rings. The number of thioether (sulfide) groups is 2. The molecule has 0 unspecified atom stereocenters. The normalized spacial score (nSPS) is 16.6. The number of ether oxygens (including phenoxy) is 1. The van der Waals surface area contributed by atoms with Crippen LogP contribution in [0, 0.1) is 0 Å². The van der Waals surface area contributed by atoms with Crippen molar-refractivity contribution in [3.05, 3.63) is 46.5 Å². The number of likely N-dealkylation sites (tertiary alicyclic amines) is 1. The van der Waals surface area contributed by atoms with Gasteiger partial charge in [-0.3, -0.25) is 9.69 Å². The number of aliphatic hydroxyl groups excluding tert-OH is 1. The summed E-state index contributed by atoms with van der Waals surface area (Å²) in [5.41, 5.74) is 3.25. The van der Waals surface area contributed by atoms with Crippen LogP contribution in [0.4, 0.5) is 0 Å². The number of benzene rings is 2. The first kappa shape index (κ1) is 37.6. The van der Waals surface area contributed by atoms with Gasteiger partial charge < -0.3 is 20.1 Å². The van der Waals surface area contributed by atoms with Gasteiger partial charge in [0.05, 0.1) is 17.2 Å². The summed E-state index contributed by atoms with van der Waals surface area (Å²) >= 11 is 3.71. The zero-order valence-corrected chi connectivity index (χ0v) is 31.3. The summed E-state index contributed by atoms with van der Waals surface area (Å²) in [4.78, 5) is 15.9. The maximum Gasteiger partial charge on any atom is 0.317 e. The van der Waals surface area contributed by atoms with Crippen molar-refractivity contribution in [3.8, 4) is 11.5 Å². The Balaban J connectivity index is 2.23. The monoisotopic (exact) mass is 659 g/mol. The van der Waals surface area contributed by atoms with Crippen LogP contribution in [0.5, 0.6) is 11.5 Å². The zero-order chi connectivity index (χ0) is 34.2. The minimum Gasteiger partial charge on any atom is -0.507 e. The average Bonchev–Trinajstić information content (AvgIpc) is 2.86. The smallest absolute Gasteiger partial charge is 0.317 e. The molecule has 0 spiro atoms. The van der Waals surface area contributed by atoms with Crippen LogP contribution in [0.3, 0.4) is 0 Å². The first-order valence-corrected chi connectivity index (χ1v) is 17.7. The van der Waals surface area contributed by atoms with Crippen LogP contribution in [-0.4, -0.2) is 63.1 Å². The Labute approximate surface area is 280 Å². The van der Waals surface area contributed by atoms with Crippen molar-refractivity contribution in [1.82, 2.24) is 4.90 Å². The van der Waals surface area contributed by atoms with Crippen LogP contribution in [0.2, 0.25) is 0 Å². The topological polar surface area (TPSA) is 90.2 Å². The van der Waals surface area contributed by atoms with E-state index in [-0.39, 0.29) is 45.5 Å². The maximum absolute atomic E-state index is 11.6. The zero-order valence-electron chi connectivity index (χ0n) is 29.7. The summed E-state index contributed by atoms with van der Waals surface area (Å²) in [7, 11) is 0. The molecule has 0 amide bonds. The Morgan fingerprint density at radius 1 is 0.822 bits per heavy atom. The molecule has 252 valence electrons. The largest absolute Gasteiger partial charge is 0.507 e. The minimum absolute atomic E-state index is 0.0413. The molecule has 0 aliphatic carbocycles. The van der Waals surface area contributed by atoms with Crippen molar-refractivity contribution in [1.29, 1.82) is 0 Å². The molecule has 0 bridgehead atoms. The lowest BCUT2D eigenvalue weighted by atomic mass is 9.79. The van der Waals surface area contributed by atoms with Gasteiger partial charge in [0.2, 0.25) is 0 Å². The molecule has 45 heavy (non-hydrogen) atoms. The molecule has 1 saturated heterocycles. The van der Waals surface area contributed by atoms with Gasteiger partial charge in [-0.15, -0.1) is 23.5 Å². The van der Waals surface area contributed by atoms with E-state index in [1.807, 2.05) is 28.4 Å². The standard InChI is InChI=1S/C37H57NO5S2/c1-33(2,3)25-13-14-28(30(36(10,11)12)32(25)43-20-19-39)45-37(15-17-38(18-16-37)23-29(40)41)44-24-21-26(34(4,5)6)31(42)27(22-24)35(7,8)9/h13-14,21-22,39,42H,15-20,23H2,1-12H3,(H,40,41). The van der Waals surface area contributed by atoms with E-state index in [0.29, 0.717) is 18.8 Å². The Bertz CT molecular complexity index is 1320. The molecule has 2 aromatic rings. The van der Waals surface area contributed by atoms with Crippen LogP contribution < -0.4 is 4.74 Å². The SMILES string of the molecule is CC(C)(C)c1cc(SC2(Sc3ccc(C(C)(C)C)c(OCCO)c3C(C)(C)C)CCN(CC(=O)O)CC2)cc(C(C)(C)C)c1O. The summed E-state index contributed by atoms with van der Waals surface area (Å²) < 4.78 is 6.08. The van der Waals surface area contributed by atoms with Gasteiger partial charge in [0.15, 0.2) is 0 Å². The van der Waals surface area contributed by atoms with Crippen LogP contribution in [0.15, 0.2) is 34.1 Å². The van der Waals surface area contributed by atoms with Gasteiger partial charge in [0, 0.05) is 39.6 Å². The summed E-state index contributed by atoms with van der Waals surface area (Å²) in [6.07, 6.45) is 1.59. The molecule has 0 atom stereocenters. The third kappa shape index (κ3) is 9.36. The highest BCUT2D eigenvalue weighted by Crippen LogP contribution is 2.56. The van der Waals surface area contributed by atoms with Crippen molar-refractivity contribution >= 4 is 29.5 Å². The maximum atomic E-state index is 11.6. The van der Waals surface area contributed by atoms with Crippen LogP contribution in [0.1, 0.15) is 118 Å². The molecule has 0 saturated carbocycles. The van der Waals surface area contributed by atoms with Crippen LogP contribution in [-0.2, 0) is 26.5 Å². The minimum atomic E-state index is -0.801. The highest BCUT2D eigenvalue weighted by molar-refractivity contribution is 8.18. The molecule has 3 N–H and O–H groups in total. The van der Waals surface area contributed by atoms with E-state index in [0.717, 1.165) is 50.6 Å². The van der Waals surface area contributed by atoms with Gasteiger partial charge in [-0.05, 0) is 58.3 Å². The molecule has 2 aromatic carbocycles. The Morgan fingerprint density at radius 3 is 1.76 bits per heavy atom. The number of carbonyl (C=O) groups is 1. The van der Waals surface area contributed by atoms with E-state index in [1.165, 1.54) is 0 Å². The van der Waals surface area contributed by atoms with Gasteiger partial charge in [-0.2, -0.15) is 0 Å². The number of rotatable bonds is 9. The summed E-state index contributed by atoms with van der Waals surface area (Å²) in [5, 5.41) is 30.7. The number of piperidine rings is 1. The van der Waals surface area contributed by atoms with E-state index in [1.54, 1.807) is 0 Å². The number of nitrogens with zero attached hydrogens (tertiary/aromatic N) is 1. The Kier molecular flexibility index (Phi) is 11.4. The second-order valence-corrected chi connectivity index (χ2v) is 19.7. The molecule has 8 heteroatoms. The highest BCUT2D eigenvalue weighted by Gasteiger charge is 2.41. The second-order valence-electron chi connectivity index (χ2n) is 16.5. The highest BCUT2D eigenvalue weighted by atomic mass is 32.2. The van der Waals surface area contributed by atoms with Crippen molar-refractivity contribution < 1.29 is 24.9 Å². The van der Waals surface area contributed by atoms with E-state index in [4.69, 9.17) is 4.74 Å². The first-order valence-electron chi connectivity index (χ1n) is 16.1. The molecule has 0 aromatic heterocycles. The van der Waals surface area contributed by atoms with Gasteiger partial charge in [0.1, 0.15) is 18.1 Å². The number of hydrogen-bond acceptors (Lipinski definition) is 7. The van der Waals surface area contributed by atoms with Crippen molar-refractivity contribution in [2.24, 2.45) is 0 Å². The molecule has 1 aliphatic rings. The van der Waals surface area contributed by atoms with E-state index >= 15 is 0 Å². The third-order valence-electron chi connectivity index (χ3n) is 8.29. The molecular formula is C37H57NO5S2. The fraction of sp³-hybridized carbons (Fsp3) is 0.649. The van der Waals surface area contributed by atoms with Gasteiger partial charge in [0.25, 0.3) is 0 Å². The number of aliphatic hydroxyl groups is 1. The lowest BCUT2D eigenvalue weighted by Crippen LogP contribution is -2.43. The van der Waals surface area contributed by atoms with Gasteiger partial charge >= 0.3 is 5.97 Å². The lowest BCUT2D eigenvalue weighted by molar-refractivity contribution is -0.138. The van der Waals surface area contributed by atoms with Crippen molar-refractivity contribution in [3.63, 3.8) is 0 Å².